The van der Waals surface area contributed by atoms with Gasteiger partial charge in [0, 0.05) is 6.54 Å². The predicted octanol–water partition coefficient (Wildman–Crippen LogP) is 1.48. The van der Waals surface area contributed by atoms with E-state index >= 15 is 0 Å². The van der Waals surface area contributed by atoms with Gasteiger partial charge in [0.2, 0.25) is 10.0 Å². The van der Waals surface area contributed by atoms with E-state index in [4.69, 9.17) is 5.11 Å². The van der Waals surface area contributed by atoms with Crippen molar-refractivity contribution in [3.8, 4) is 0 Å². The summed E-state index contributed by atoms with van der Waals surface area (Å²) >= 11 is 0. The minimum Gasteiger partial charge on any atom is -0.480 e. The number of benzene rings is 1. The Morgan fingerprint density at radius 1 is 1.28 bits per heavy atom. The van der Waals surface area contributed by atoms with Crippen molar-refractivity contribution in [1.82, 2.24) is 4.31 Å². The molecule has 0 unspecified atom stereocenters. The zero-order valence-corrected chi connectivity index (χ0v) is 11.3. The van der Waals surface area contributed by atoms with Crippen molar-refractivity contribution in [3.05, 3.63) is 29.8 Å². The van der Waals surface area contributed by atoms with Gasteiger partial charge >= 0.3 is 5.97 Å². The van der Waals surface area contributed by atoms with Crippen LogP contribution < -0.4 is 0 Å². The van der Waals surface area contributed by atoms with Crippen molar-refractivity contribution < 1.29 is 18.3 Å². The Bertz CT molecular complexity index is 507. The lowest BCUT2D eigenvalue weighted by molar-refractivity contribution is -0.137. The van der Waals surface area contributed by atoms with Gasteiger partial charge in [-0.15, -0.1) is 0 Å². The Morgan fingerprint density at radius 3 is 2.28 bits per heavy atom. The second kappa shape index (κ2) is 5.97. The molecule has 100 valence electrons. The van der Waals surface area contributed by atoms with Gasteiger partial charge in [0.25, 0.3) is 0 Å². The van der Waals surface area contributed by atoms with Crippen LogP contribution in [0, 0.1) is 6.92 Å². The molecule has 0 atom stereocenters. The number of rotatable bonds is 6. The Labute approximate surface area is 107 Å². The van der Waals surface area contributed by atoms with Gasteiger partial charge in [-0.1, -0.05) is 24.6 Å². The average molecular weight is 271 g/mol. The maximum Gasteiger partial charge on any atom is 0.318 e. The summed E-state index contributed by atoms with van der Waals surface area (Å²) in [5, 5.41) is 8.76. The average Bonchev–Trinajstić information content (AvgIpc) is 2.28. The van der Waals surface area contributed by atoms with Crippen LogP contribution in [0.4, 0.5) is 0 Å². The van der Waals surface area contributed by atoms with Crippen LogP contribution in [0.1, 0.15) is 18.9 Å². The number of carboxylic acid groups (broad SMARTS) is 1. The van der Waals surface area contributed by atoms with E-state index in [1.165, 1.54) is 12.1 Å². The number of hydrogen-bond acceptors (Lipinski definition) is 3. The van der Waals surface area contributed by atoms with Crippen molar-refractivity contribution in [1.29, 1.82) is 0 Å². The smallest absolute Gasteiger partial charge is 0.318 e. The SMILES string of the molecule is CCCN(CC(=O)O)S(=O)(=O)c1ccc(C)cc1. The minimum absolute atomic E-state index is 0.128. The molecule has 0 fully saturated rings. The van der Waals surface area contributed by atoms with Crippen molar-refractivity contribution in [3.63, 3.8) is 0 Å². The van der Waals surface area contributed by atoms with E-state index in [-0.39, 0.29) is 11.4 Å². The number of aryl methyl sites for hydroxylation is 1. The molecule has 0 bridgehead atoms. The van der Waals surface area contributed by atoms with Crippen molar-refractivity contribution >= 4 is 16.0 Å². The van der Waals surface area contributed by atoms with Crippen LogP contribution in [0.3, 0.4) is 0 Å². The van der Waals surface area contributed by atoms with Gasteiger partial charge in [0.05, 0.1) is 4.90 Å². The number of carbonyl (C=O) groups is 1. The Balaban J connectivity index is 3.08. The van der Waals surface area contributed by atoms with Gasteiger partial charge < -0.3 is 5.11 Å². The molecule has 1 aromatic carbocycles. The first-order valence-corrected chi connectivity index (χ1v) is 7.10. The molecule has 0 aliphatic heterocycles. The monoisotopic (exact) mass is 271 g/mol. The molecule has 0 spiro atoms. The second-order valence-corrected chi connectivity index (χ2v) is 5.98. The summed E-state index contributed by atoms with van der Waals surface area (Å²) in [4.78, 5) is 10.8. The molecule has 0 saturated carbocycles. The fourth-order valence-corrected chi connectivity index (χ4v) is 3.03. The first kappa shape index (κ1) is 14.7. The molecule has 1 rings (SSSR count). The number of sulfonamides is 1. The van der Waals surface area contributed by atoms with E-state index < -0.39 is 22.5 Å². The zero-order valence-electron chi connectivity index (χ0n) is 10.5. The quantitative estimate of drug-likeness (QED) is 0.850. The minimum atomic E-state index is -3.72. The van der Waals surface area contributed by atoms with Crippen molar-refractivity contribution in [2.75, 3.05) is 13.1 Å². The predicted molar refractivity (Wildman–Crippen MR) is 67.9 cm³/mol. The highest BCUT2D eigenvalue weighted by molar-refractivity contribution is 7.89. The van der Waals surface area contributed by atoms with Crippen LogP contribution in [0.5, 0.6) is 0 Å². The molecule has 0 radical (unpaired) electrons. The third kappa shape index (κ3) is 3.54. The largest absolute Gasteiger partial charge is 0.480 e. The topological polar surface area (TPSA) is 74.7 Å². The molecular weight excluding hydrogens is 254 g/mol. The lowest BCUT2D eigenvalue weighted by atomic mass is 10.2. The lowest BCUT2D eigenvalue weighted by Crippen LogP contribution is -2.36. The highest BCUT2D eigenvalue weighted by Gasteiger charge is 2.25. The maximum absolute atomic E-state index is 12.2. The van der Waals surface area contributed by atoms with Gasteiger partial charge in [-0.25, -0.2) is 8.42 Å². The maximum atomic E-state index is 12.2. The van der Waals surface area contributed by atoms with Gasteiger partial charge in [0.1, 0.15) is 6.54 Å². The second-order valence-electron chi connectivity index (χ2n) is 4.05. The Hall–Kier alpha value is -1.40. The first-order chi connectivity index (χ1) is 8.37. The van der Waals surface area contributed by atoms with E-state index in [9.17, 15) is 13.2 Å². The number of nitrogens with zero attached hydrogens (tertiary/aromatic N) is 1. The molecule has 5 nitrogen and oxygen atoms in total. The summed E-state index contributed by atoms with van der Waals surface area (Å²) in [5.41, 5.74) is 0.953. The molecule has 0 aliphatic rings. The lowest BCUT2D eigenvalue weighted by Gasteiger charge is -2.19. The molecule has 0 amide bonds. The highest BCUT2D eigenvalue weighted by Crippen LogP contribution is 2.16. The molecule has 18 heavy (non-hydrogen) atoms. The normalized spacial score (nSPS) is 11.7. The molecule has 0 saturated heterocycles. The van der Waals surface area contributed by atoms with Crippen LogP contribution in [0.2, 0.25) is 0 Å². The van der Waals surface area contributed by atoms with Gasteiger partial charge in [0.15, 0.2) is 0 Å². The standard InChI is InChI=1S/C12H17NO4S/c1-3-8-13(9-12(14)15)18(16,17)11-6-4-10(2)5-7-11/h4-7H,3,8-9H2,1-2H3,(H,14,15). The summed E-state index contributed by atoms with van der Waals surface area (Å²) in [6.45, 7) is 3.35. The van der Waals surface area contributed by atoms with Gasteiger partial charge in [-0.05, 0) is 25.5 Å². The number of hydrogen-bond donors (Lipinski definition) is 1. The van der Waals surface area contributed by atoms with Crippen molar-refractivity contribution in [2.45, 2.75) is 25.2 Å². The molecule has 0 aromatic heterocycles. The third-order valence-corrected chi connectivity index (χ3v) is 4.30. The molecule has 0 aliphatic carbocycles. The van der Waals surface area contributed by atoms with Crippen LogP contribution in [-0.4, -0.2) is 36.9 Å². The molecule has 1 N–H and O–H groups in total. The molecule has 1 aromatic rings. The highest BCUT2D eigenvalue weighted by atomic mass is 32.2. The fourth-order valence-electron chi connectivity index (χ4n) is 1.54. The van der Waals surface area contributed by atoms with Crippen LogP contribution in [-0.2, 0) is 14.8 Å². The summed E-state index contributed by atoms with van der Waals surface area (Å²) < 4.78 is 25.4. The van der Waals surface area contributed by atoms with E-state index in [2.05, 4.69) is 0 Å². The van der Waals surface area contributed by atoms with Crippen LogP contribution >= 0.6 is 0 Å². The molecule has 6 heteroatoms. The van der Waals surface area contributed by atoms with E-state index in [0.29, 0.717) is 6.42 Å². The molecule has 0 heterocycles. The summed E-state index contributed by atoms with van der Waals surface area (Å²) in [7, 11) is -3.72. The summed E-state index contributed by atoms with van der Waals surface area (Å²) in [6, 6.07) is 6.37. The van der Waals surface area contributed by atoms with Crippen LogP contribution in [0.15, 0.2) is 29.2 Å². The van der Waals surface area contributed by atoms with E-state index in [1.54, 1.807) is 19.1 Å². The molecular formula is C12H17NO4S. The third-order valence-electron chi connectivity index (χ3n) is 2.44. The number of aliphatic carboxylic acids is 1. The Kier molecular flexibility index (Phi) is 4.86. The summed E-state index contributed by atoms with van der Waals surface area (Å²) in [6.07, 6.45) is 0.568. The van der Waals surface area contributed by atoms with Gasteiger partial charge in [-0.3, -0.25) is 4.79 Å². The summed E-state index contributed by atoms with van der Waals surface area (Å²) in [5.74, 6) is -1.15. The van der Waals surface area contributed by atoms with E-state index in [1.807, 2.05) is 6.92 Å². The van der Waals surface area contributed by atoms with E-state index in [0.717, 1.165) is 9.87 Å². The van der Waals surface area contributed by atoms with Gasteiger partial charge in [-0.2, -0.15) is 4.31 Å². The fraction of sp³-hybridized carbons (Fsp3) is 0.417. The first-order valence-electron chi connectivity index (χ1n) is 5.66. The van der Waals surface area contributed by atoms with Crippen molar-refractivity contribution in [2.24, 2.45) is 0 Å². The zero-order chi connectivity index (χ0) is 13.8. The Morgan fingerprint density at radius 2 is 1.83 bits per heavy atom. The van der Waals surface area contributed by atoms with Crippen LogP contribution in [0.25, 0.3) is 0 Å². The number of carboxylic acids is 1.